The van der Waals surface area contributed by atoms with E-state index < -0.39 is 0 Å². The van der Waals surface area contributed by atoms with E-state index in [-0.39, 0.29) is 17.7 Å². The van der Waals surface area contributed by atoms with E-state index in [1.165, 1.54) is 0 Å². The first kappa shape index (κ1) is 20.4. The van der Waals surface area contributed by atoms with E-state index in [1.807, 2.05) is 23.1 Å². The number of piperidine rings is 1. The molecule has 1 saturated heterocycles. The Hall–Kier alpha value is -2.90. The molecule has 30 heavy (non-hydrogen) atoms. The maximum atomic E-state index is 12.5. The molecule has 2 aliphatic rings. The van der Waals surface area contributed by atoms with Crippen molar-refractivity contribution in [3.8, 4) is 17.1 Å². The molecule has 1 aliphatic heterocycles. The first-order chi connectivity index (χ1) is 14.7. The number of amides is 2. The number of nitrogens with one attached hydrogen (secondary N) is 2. The lowest BCUT2D eigenvalue weighted by Crippen LogP contribution is -2.43. The van der Waals surface area contributed by atoms with Crippen molar-refractivity contribution in [1.29, 1.82) is 0 Å². The van der Waals surface area contributed by atoms with Gasteiger partial charge in [0.25, 0.3) is 0 Å². The normalized spacial score (nSPS) is 19.2. The third kappa shape index (κ3) is 5.17. The van der Waals surface area contributed by atoms with Gasteiger partial charge < -0.3 is 15.0 Å². The van der Waals surface area contributed by atoms with Crippen molar-refractivity contribution in [1.82, 2.24) is 25.4 Å². The van der Waals surface area contributed by atoms with Crippen LogP contribution < -0.4 is 10.1 Å². The highest BCUT2D eigenvalue weighted by atomic mass is 16.5. The standard InChI is InChI=1S/C22H29N5O3/c28-21(9-10-23-22(29)17-4-1-5-17)27-12-2-3-16(14-27)15-30-18-6-7-19(24-13-18)20-8-11-25-26-20/h6-8,11,13,16-17H,1-5,9-10,12,14-15H2,(H,23,29)(H,25,26)/t16-/m1/s1. The zero-order valence-electron chi connectivity index (χ0n) is 17.2. The van der Waals surface area contributed by atoms with Crippen molar-refractivity contribution < 1.29 is 14.3 Å². The average molecular weight is 412 g/mol. The minimum atomic E-state index is 0.103. The summed E-state index contributed by atoms with van der Waals surface area (Å²) in [5.74, 6) is 1.41. The van der Waals surface area contributed by atoms with E-state index in [9.17, 15) is 9.59 Å². The number of H-pyrrole nitrogens is 1. The molecule has 0 bridgehead atoms. The van der Waals surface area contributed by atoms with Gasteiger partial charge in [-0.3, -0.25) is 19.7 Å². The van der Waals surface area contributed by atoms with Gasteiger partial charge in [0.1, 0.15) is 5.75 Å². The first-order valence-electron chi connectivity index (χ1n) is 10.8. The molecule has 1 aliphatic carbocycles. The molecule has 2 aromatic heterocycles. The molecule has 2 N–H and O–H groups in total. The molecule has 1 saturated carbocycles. The molecule has 160 valence electrons. The maximum absolute atomic E-state index is 12.5. The van der Waals surface area contributed by atoms with Gasteiger partial charge in [0.2, 0.25) is 11.8 Å². The lowest BCUT2D eigenvalue weighted by Gasteiger charge is -2.33. The number of pyridine rings is 1. The van der Waals surface area contributed by atoms with Crippen LogP contribution in [0, 0.1) is 11.8 Å². The number of likely N-dealkylation sites (tertiary alicyclic amines) is 1. The molecule has 2 amide bonds. The van der Waals surface area contributed by atoms with Crippen LogP contribution in [0.3, 0.4) is 0 Å². The number of aromatic nitrogens is 3. The first-order valence-corrected chi connectivity index (χ1v) is 10.8. The third-order valence-electron chi connectivity index (χ3n) is 5.98. The number of hydrogen-bond donors (Lipinski definition) is 2. The number of carbonyl (C=O) groups is 2. The molecule has 4 rings (SSSR count). The maximum Gasteiger partial charge on any atom is 0.224 e. The highest BCUT2D eigenvalue weighted by Crippen LogP contribution is 2.26. The number of aromatic amines is 1. The Bertz CT molecular complexity index is 833. The molecule has 2 aromatic rings. The van der Waals surface area contributed by atoms with Crippen molar-refractivity contribution in [2.45, 2.75) is 38.5 Å². The number of hydrogen-bond acceptors (Lipinski definition) is 5. The Labute approximate surface area is 176 Å². The summed E-state index contributed by atoms with van der Waals surface area (Å²) in [6.45, 7) is 2.48. The largest absolute Gasteiger partial charge is 0.492 e. The zero-order chi connectivity index (χ0) is 20.8. The smallest absolute Gasteiger partial charge is 0.224 e. The van der Waals surface area contributed by atoms with Gasteiger partial charge in [-0.1, -0.05) is 6.42 Å². The van der Waals surface area contributed by atoms with Gasteiger partial charge in [-0.15, -0.1) is 0 Å². The number of carbonyl (C=O) groups excluding carboxylic acids is 2. The van der Waals surface area contributed by atoms with Gasteiger partial charge in [0.15, 0.2) is 0 Å². The molecular formula is C22H29N5O3. The van der Waals surface area contributed by atoms with Crippen molar-refractivity contribution in [2.24, 2.45) is 11.8 Å². The van der Waals surface area contributed by atoms with Gasteiger partial charge in [0, 0.05) is 44.1 Å². The second kappa shape index (κ2) is 9.73. The minimum Gasteiger partial charge on any atom is -0.492 e. The minimum absolute atomic E-state index is 0.103. The quantitative estimate of drug-likeness (QED) is 0.695. The summed E-state index contributed by atoms with van der Waals surface area (Å²) in [5, 5.41) is 9.72. The second-order valence-electron chi connectivity index (χ2n) is 8.18. The van der Waals surface area contributed by atoms with Gasteiger partial charge in [-0.25, -0.2) is 0 Å². The monoisotopic (exact) mass is 411 g/mol. The van der Waals surface area contributed by atoms with E-state index >= 15 is 0 Å². The Morgan fingerprint density at radius 2 is 2.10 bits per heavy atom. The van der Waals surface area contributed by atoms with Gasteiger partial charge in [0.05, 0.1) is 24.2 Å². The Balaban J connectivity index is 1.19. The van der Waals surface area contributed by atoms with Crippen molar-refractivity contribution in [3.63, 3.8) is 0 Å². The molecule has 0 aromatic carbocycles. The molecule has 8 nitrogen and oxygen atoms in total. The van der Waals surface area contributed by atoms with Crippen LogP contribution in [0.15, 0.2) is 30.6 Å². The summed E-state index contributed by atoms with van der Waals surface area (Å²) in [6, 6.07) is 5.67. The second-order valence-corrected chi connectivity index (χ2v) is 8.18. The molecule has 1 atom stereocenters. The zero-order valence-corrected chi connectivity index (χ0v) is 17.2. The van der Waals surface area contributed by atoms with Crippen LogP contribution in [0.4, 0.5) is 0 Å². The van der Waals surface area contributed by atoms with E-state index in [0.717, 1.165) is 55.8 Å². The van der Waals surface area contributed by atoms with Crippen LogP contribution in [0.2, 0.25) is 0 Å². The van der Waals surface area contributed by atoms with E-state index in [0.29, 0.717) is 32.0 Å². The Kier molecular flexibility index (Phi) is 6.61. The molecule has 0 unspecified atom stereocenters. The SMILES string of the molecule is O=C(NCCC(=O)N1CCC[C@@H](COc2ccc(-c3ccn[nH]3)nc2)C1)C1CCC1. The summed E-state index contributed by atoms with van der Waals surface area (Å²) < 4.78 is 5.92. The van der Waals surface area contributed by atoms with E-state index in [1.54, 1.807) is 12.4 Å². The number of ether oxygens (including phenoxy) is 1. The molecule has 8 heteroatoms. The summed E-state index contributed by atoms with van der Waals surface area (Å²) in [4.78, 5) is 30.7. The average Bonchev–Trinajstić information content (AvgIpc) is 3.26. The third-order valence-corrected chi connectivity index (χ3v) is 5.98. The van der Waals surface area contributed by atoms with Crippen LogP contribution in [0.1, 0.15) is 38.5 Å². The molecule has 2 fully saturated rings. The van der Waals surface area contributed by atoms with Crippen molar-refractivity contribution in [2.75, 3.05) is 26.2 Å². The molecule has 3 heterocycles. The summed E-state index contributed by atoms with van der Waals surface area (Å²) >= 11 is 0. The Morgan fingerprint density at radius 3 is 2.80 bits per heavy atom. The van der Waals surface area contributed by atoms with Gasteiger partial charge in [-0.2, -0.15) is 5.10 Å². The molecule has 0 radical (unpaired) electrons. The van der Waals surface area contributed by atoms with Crippen LogP contribution in [-0.2, 0) is 9.59 Å². The summed E-state index contributed by atoms with van der Waals surface area (Å²) in [7, 11) is 0. The predicted octanol–water partition coefficient (Wildman–Crippen LogP) is 2.40. The fourth-order valence-electron chi connectivity index (χ4n) is 3.93. The highest BCUT2D eigenvalue weighted by Gasteiger charge is 2.26. The Morgan fingerprint density at radius 1 is 1.20 bits per heavy atom. The fraction of sp³-hybridized carbons (Fsp3) is 0.545. The van der Waals surface area contributed by atoms with Crippen molar-refractivity contribution in [3.05, 3.63) is 30.6 Å². The van der Waals surface area contributed by atoms with E-state index in [2.05, 4.69) is 20.5 Å². The van der Waals surface area contributed by atoms with Crippen LogP contribution >= 0.6 is 0 Å². The van der Waals surface area contributed by atoms with Crippen LogP contribution in [0.25, 0.3) is 11.4 Å². The lowest BCUT2D eigenvalue weighted by atomic mass is 9.85. The topological polar surface area (TPSA) is 100 Å². The number of rotatable bonds is 8. The van der Waals surface area contributed by atoms with Crippen molar-refractivity contribution >= 4 is 11.8 Å². The molecular weight excluding hydrogens is 382 g/mol. The van der Waals surface area contributed by atoms with E-state index in [4.69, 9.17) is 4.74 Å². The van der Waals surface area contributed by atoms with Gasteiger partial charge >= 0.3 is 0 Å². The fourth-order valence-corrected chi connectivity index (χ4v) is 3.93. The summed E-state index contributed by atoms with van der Waals surface area (Å²) in [5.41, 5.74) is 1.69. The summed E-state index contributed by atoms with van der Waals surface area (Å²) in [6.07, 6.45) is 8.90. The molecule has 0 spiro atoms. The highest BCUT2D eigenvalue weighted by molar-refractivity contribution is 5.81. The predicted molar refractivity (Wildman–Crippen MR) is 112 cm³/mol. The van der Waals surface area contributed by atoms with Crippen LogP contribution in [-0.4, -0.2) is 58.1 Å². The number of nitrogens with zero attached hydrogens (tertiary/aromatic N) is 3. The van der Waals surface area contributed by atoms with Gasteiger partial charge in [-0.05, 0) is 43.9 Å². The van der Waals surface area contributed by atoms with Crippen LogP contribution in [0.5, 0.6) is 5.75 Å². The lowest BCUT2D eigenvalue weighted by molar-refractivity contribution is -0.133.